The highest BCUT2D eigenvalue weighted by molar-refractivity contribution is 6.31. The van der Waals surface area contributed by atoms with Crippen molar-refractivity contribution < 1.29 is 9.53 Å². The van der Waals surface area contributed by atoms with E-state index in [1.54, 1.807) is 24.3 Å². The molecule has 128 valence electrons. The fraction of sp³-hybridized carbons (Fsp3) is 0.471. The predicted octanol–water partition coefficient (Wildman–Crippen LogP) is 2.84. The number of rotatable bonds is 4. The van der Waals surface area contributed by atoms with E-state index in [1.807, 2.05) is 12.1 Å². The number of hydrogen-bond acceptors (Lipinski definition) is 4. The summed E-state index contributed by atoms with van der Waals surface area (Å²) in [4.78, 5) is 14.6. The Morgan fingerprint density at radius 3 is 2.79 bits per heavy atom. The van der Waals surface area contributed by atoms with Crippen molar-refractivity contribution in [2.75, 3.05) is 20.2 Å². The SMILES string of the molecule is CO[C@@H]1CN(C(=O)c2ccc(C(C)C)c(Cl)c2)C[C@H]1c1cn[nH]n1. The number of amides is 1. The molecule has 0 bridgehead atoms. The average Bonchev–Trinajstić information content (AvgIpc) is 3.22. The average molecular weight is 349 g/mol. The maximum atomic E-state index is 12.8. The summed E-state index contributed by atoms with van der Waals surface area (Å²) in [6, 6.07) is 5.53. The normalized spacial score (nSPS) is 20.8. The van der Waals surface area contributed by atoms with Crippen LogP contribution in [-0.4, -0.2) is 52.5 Å². The third-order valence-electron chi connectivity index (χ3n) is 4.54. The molecule has 1 aliphatic heterocycles. The number of nitrogens with zero attached hydrogens (tertiary/aromatic N) is 3. The van der Waals surface area contributed by atoms with Crippen molar-refractivity contribution >= 4 is 17.5 Å². The van der Waals surface area contributed by atoms with Crippen LogP contribution in [0.3, 0.4) is 0 Å². The van der Waals surface area contributed by atoms with Crippen LogP contribution in [0.1, 0.15) is 47.3 Å². The maximum absolute atomic E-state index is 12.8. The molecule has 1 N–H and O–H groups in total. The second kappa shape index (κ2) is 6.91. The molecule has 0 spiro atoms. The second-order valence-electron chi connectivity index (χ2n) is 6.38. The van der Waals surface area contributed by atoms with Crippen molar-refractivity contribution in [3.05, 3.63) is 46.2 Å². The van der Waals surface area contributed by atoms with Crippen LogP contribution in [0.25, 0.3) is 0 Å². The van der Waals surface area contributed by atoms with E-state index in [-0.39, 0.29) is 17.9 Å². The summed E-state index contributed by atoms with van der Waals surface area (Å²) >= 11 is 6.32. The van der Waals surface area contributed by atoms with E-state index in [0.717, 1.165) is 11.3 Å². The highest BCUT2D eigenvalue weighted by Crippen LogP contribution is 2.30. The van der Waals surface area contributed by atoms with Crippen molar-refractivity contribution in [3.8, 4) is 0 Å². The first kappa shape index (κ1) is 16.9. The Morgan fingerprint density at radius 1 is 1.42 bits per heavy atom. The largest absolute Gasteiger partial charge is 0.379 e. The first-order valence-corrected chi connectivity index (χ1v) is 8.36. The lowest BCUT2D eigenvalue weighted by Crippen LogP contribution is -2.30. The zero-order valence-corrected chi connectivity index (χ0v) is 14.7. The van der Waals surface area contributed by atoms with Gasteiger partial charge in [0.05, 0.1) is 23.9 Å². The van der Waals surface area contributed by atoms with Gasteiger partial charge in [-0.15, -0.1) is 0 Å². The van der Waals surface area contributed by atoms with Gasteiger partial charge in [0.2, 0.25) is 0 Å². The summed E-state index contributed by atoms with van der Waals surface area (Å²) in [5.74, 6) is 0.297. The summed E-state index contributed by atoms with van der Waals surface area (Å²) in [5.41, 5.74) is 2.45. The van der Waals surface area contributed by atoms with E-state index in [9.17, 15) is 4.79 Å². The Morgan fingerprint density at radius 2 is 2.21 bits per heavy atom. The fourth-order valence-corrected chi connectivity index (χ4v) is 3.56. The standard InChI is InChI=1S/C17H21ClN4O2/c1-10(2)12-5-4-11(6-14(12)18)17(23)22-8-13(16(9-22)24-3)15-7-19-21-20-15/h4-7,10,13,16H,8-9H2,1-3H3,(H,19,20,21)/t13-,16+/m0/s1. The lowest BCUT2D eigenvalue weighted by Gasteiger charge is -2.17. The number of aromatic amines is 1. The molecule has 0 unspecified atom stereocenters. The number of methoxy groups -OCH3 is 1. The second-order valence-corrected chi connectivity index (χ2v) is 6.78. The Labute approximate surface area is 146 Å². The first-order valence-electron chi connectivity index (χ1n) is 7.98. The van der Waals surface area contributed by atoms with E-state index >= 15 is 0 Å². The molecule has 1 saturated heterocycles. The van der Waals surface area contributed by atoms with Gasteiger partial charge in [0, 0.05) is 30.8 Å². The molecular formula is C17H21ClN4O2. The highest BCUT2D eigenvalue weighted by Gasteiger charge is 2.38. The number of nitrogens with one attached hydrogen (secondary N) is 1. The number of H-pyrrole nitrogens is 1. The molecule has 2 atom stereocenters. The van der Waals surface area contributed by atoms with Crippen LogP contribution in [-0.2, 0) is 4.74 Å². The molecule has 0 aliphatic carbocycles. The number of hydrogen-bond donors (Lipinski definition) is 1. The molecule has 2 heterocycles. The predicted molar refractivity (Wildman–Crippen MR) is 91.4 cm³/mol. The molecule has 1 amide bonds. The molecule has 1 aromatic heterocycles. The molecule has 7 heteroatoms. The summed E-state index contributed by atoms with van der Waals surface area (Å²) in [6.45, 7) is 5.23. The third kappa shape index (κ3) is 3.16. The zero-order chi connectivity index (χ0) is 17.3. The van der Waals surface area contributed by atoms with Crippen LogP contribution in [0.2, 0.25) is 5.02 Å². The number of ether oxygens (including phenoxy) is 1. The first-order chi connectivity index (χ1) is 11.5. The minimum absolute atomic E-state index is 0.0168. The zero-order valence-electron chi connectivity index (χ0n) is 14.0. The number of aromatic nitrogens is 3. The van der Waals surface area contributed by atoms with Crippen molar-refractivity contribution in [2.45, 2.75) is 31.8 Å². The lowest BCUT2D eigenvalue weighted by molar-refractivity contribution is 0.0714. The minimum Gasteiger partial charge on any atom is -0.379 e. The topological polar surface area (TPSA) is 71.1 Å². The van der Waals surface area contributed by atoms with Crippen LogP contribution >= 0.6 is 11.6 Å². The van der Waals surface area contributed by atoms with Gasteiger partial charge in [-0.3, -0.25) is 4.79 Å². The number of carbonyl (C=O) groups is 1. The number of halogens is 1. The van der Waals surface area contributed by atoms with Gasteiger partial charge in [-0.2, -0.15) is 15.4 Å². The molecular weight excluding hydrogens is 328 g/mol. The van der Waals surface area contributed by atoms with Crippen LogP contribution in [0.15, 0.2) is 24.4 Å². The van der Waals surface area contributed by atoms with Crippen LogP contribution in [0.4, 0.5) is 0 Å². The molecule has 6 nitrogen and oxygen atoms in total. The van der Waals surface area contributed by atoms with Crippen LogP contribution in [0, 0.1) is 0 Å². The van der Waals surface area contributed by atoms with E-state index in [4.69, 9.17) is 16.3 Å². The van der Waals surface area contributed by atoms with E-state index in [2.05, 4.69) is 29.3 Å². The van der Waals surface area contributed by atoms with Gasteiger partial charge < -0.3 is 9.64 Å². The smallest absolute Gasteiger partial charge is 0.254 e. The molecule has 0 radical (unpaired) electrons. The number of benzene rings is 1. The minimum atomic E-state index is -0.0931. The molecule has 2 aromatic rings. The van der Waals surface area contributed by atoms with E-state index < -0.39 is 0 Å². The van der Waals surface area contributed by atoms with Gasteiger partial charge in [-0.05, 0) is 23.6 Å². The Bertz CT molecular complexity index is 717. The van der Waals surface area contributed by atoms with Crippen LogP contribution < -0.4 is 0 Å². The van der Waals surface area contributed by atoms with Crippen molar-refractivity contribution in [1.29, 1.82) is 0 Å². The molecule has 1 fully saturated rings. The Kier molecular flexibility index (Phi) is 4.87. The van der Waals surface area contributed by atoms with Crippen molar-refractivity contribution in [1.82, 2.24) is 20.3 Å². The molecule has 3 rings (SSSR count). The van der Waals surface area contributed by atoms with Gasteiger partial charge >= 0.3 is 0 Å². The Hall–Kier alpha value is -1.92. The number of likely N-dealkylation sites (tertiary alicyclic amines) is 1. The monoisotopic (exact) mass is 348 g/mol. The highest BCUT2D eigenvalue weighted by atomic mass is 35.5. The Balaban J connectivity index is 1.79. The third-order valence-corrected chi connectivity index (χ3v) is 4.87. The molecule has 1 aromatic carbocycles. The fourth-order valence-electron chi connectivity index (χ4n) is 3.16. The van der Waals surface area contributed by atoms with E-state index in [1.165, 1.54) is 0 Å². The molecule has 24 heavy (non-hydrogen) atoms. The van der Waals surface area contributed by atoms with E-state index in [0.29, 0.717) is 29.6 Å². The van der Waals surface area contributed by atoms with Crippen molar-refractivity contribution in [2.24, 2.45) is 0 Å². The summed E-state index contributed by atoms with van der Waals surface area (Å²) in [6.07, 6.45) is 1.59. The van der Waals surface area contributed by atoms with Gasteiger partial charge in [0.15, 0.2) is 0 Å². The summed E-state index contributed by atoms with van der Waals surface area (Å²) in [7, 11) is 1.65. The quantitative estimate of drug-likeness (QED) is 0.922. The van der Waals surface area contributed by atoms with Gasteiger partial charge in [-0.25, -0.2) is 0 Å². The molecule has 1 aliphatic rings. The van der Waals surface area contributed by atoms with Gasteiger partial charge in [0.25, 0.3) is 5.91 Å². The van der Waals surface area contributed by atoms with Gasteiger partial charge in [-0.1, -0.05) is 31.5 Å². The number of carbonyl (C=O) groups excluding carboxylic acids is 1. The lowest BCUT2D eigenvalue weighted by atomic mass is 10.0. The van der Waals surface area contributed by atoms with Crippen LogP contribution in [0.5, 0.6) is 0 Å². The van der Waals surface area contributed by atoms with Crippen molar-refractivity contribution in [3.63, 3.8) is 0 Å². The van der Waals surface area contributed by atoms with Gasteiger partial charge in [0.1, 0.15) is 0 Å². The maximum Gasteiger partial charge on any atom is 0.254 e. The summed E-state index contributed by atoms with van der Waals surface area (Å²) in [5, 5.41) is 11.2. The summed E-state index contributed by atoms with van der Waals surface area (Å²) < 4.78 is 5.54. The molecule has 0 saturated carbocycles.